The van der Waals surface area contributed by atoms with Gasteiger partial charge in [-0.25, -0.2) is 9.67 Å². The molecule has 0 spiro atoms. The maximum atomic E-state index is 12.5. The highest BCUT2D eigenvalue weighted by molar-refractivity contribution is 5.78. The van der Waals surface area contributed by atoms with E-state index in [1.54, 1.807) is 11.0 Å². The van der Waals surface area contributed by atoms with Crippen molar-refractivity contribution in [2.24, 2.45) is 0 Å². The van der Waals surface area contributed by atoms with Crippen LogP contribution in [0, 0.1) is 17.0 Å². The maximum Gasteiger partial charge on any atom is 0.269 e. The lowest BCUT2D eigenvalue weighted by Crippen LogP contribution is -2.43. The molecule has 1 N–H and O–H groups in total. The van der Waals surface area contributed by atoms with E-state index >= 15 is 0 Å². The van der Waals surface area contributed by atoms with Crippen molar-refractivity contribution in [2.45, 2.75) is 32.4 Å². The first-order valence-corrected chi connectivity index (χ1v) is 9.55. The molecule has 2 atom stereocenters. The minimum absolute atomic E-state index is 0.0355. The van der Waals surface area contributed by atoms with Gasteiger partial charge in [0.25, 0.3) is 11.6 Å². The number of nitrogens with one attached hydrogen (secondary N) is 1. The van der Waals surface area contributed by atoms with Crippen LogP contribution in [0.5, 0.6) is 5.75 Å². The number of amides is 1. The number of nitrogens with zero attached hydrogens (tertiary/aromatic N) is 4. The van der Waals surface area contributed by atoms with Crippen molar-refractivity contribution in [2.75, 3.05) is 6.61 Å². The maximum absolute atomic E-state index is 12.5. The molecule has 0 saturated carbocycles. The predicted molar refractivity (Wildman–Crippen MR) is 110 cm³/mol. The number of nitro benzene ring substituents is 1. The van der Waals surface area contributed by atoms with Crippen molar-refractivity contribution in [1.82, 2.24) is 20.1 Å². The smallest absolute Gasteiger partial charge is 0.269 e. The first-order valence-electron chi connectivity index (χ1n) is 9.55. The minimum Gasteiger partial charge on any atom is -0.484 e. The number of hydrogen-bond donors (Lipinski definition) is 1. The Balaban J connectivity index is 1.69. The van der Waals surface area contributed by atoms with Crippen LogP contribution in [0.3, 0.4) is 0 Å². The minimum atomic E-state index is -0.488. The molecule has 0 fully saturated rings. The number of carbonyl (C=O) groups is 1. The zero-order valence-electron chi connectivity index (χ0n) is 16.8. The number of non-ortho nitro benzene ring substituents is 1. The Morgan fingerprint density at radius 3 is 2.47 bits per heavy atom. The number of carbonyl (C=O) groups excluding carboxylic acids is 1. The van der Waals surface area contributed by atoms with Crippen LogP contribution in [-0.4, -0.2) is 38.2 Å². The molecule has 30 heavy (non-hydrogen) atoms. The molecule has 2 unspecified atom stereocenters. The van der Waals surface area contributed by atoms with Gasteiger partial charge in [0.1, 0.15) is 18.4 Å². The molecule has 0 aliphatic carbocycles. The van der Waals surface area contributed by atoms with Crippen LogP contribution >= 0.6 is 0 Å². The Morgan fingerprint density at radius 2 is 1.90 bits per heavy atom. The van der Waals surface area contributed by atoms with Gasteiger partial charge in [-0.3, -0.25) is 14.9 Å². The van der Waals surface area contributed by atoms with Gasteiger partial charge in [0.2, 0.25) is 0 Å². The molecule has 0 aliphatic heterocycles. The van der Waals surface area contributed by atoms with Gasteiger partial charge in [0.05, 0.1) is 17.0 Å². The number of benzene rings is 2. The molecule has 0 saturated heterocycles. The number of aryl methyl sites for hydroxylation is 1. The van der Waals surface area contributed by atoms with E-state index in [0.717, 1.165) is 11.1 Å². The highest BCUT2D eigenvalue weighted by Gasteiger charge is 2.26. The molecule has 0 aliphatic rings. The van der Waals surface area contributed by atoms with Gasteiger partial charge >= 0.3 is 0 Å². The van der Waals surface area contributed by atoms with Crippen LogP contribution in [0.25, 0.3) is 0 Å². The van der Waals surface area contributed by atoms with Gasteiger partial charge in [-0.05, 0) is 31.0 Å². The Hall–Kier alpha value is -3.75. The fraction of sp³-hybridized carbons (Fsp3) is 0.286. The normalized spacial score (nSPS) is 12.7. The van der Waals surface area contributed by atoms with Crippen LogP contribution in [0.2, 0.25) is 0 Å². The van der Waals surface area contributed by atoms with Crippen molar-refractivity contribution in [3.8, 4) is 5.75 Å². The summed E-state index contributed by atoms with van der Waals surface area (Å²) >= 11 is 0. The van der Waals surface area contributed by atoms with Gasteiger partial charge in [0, 0.05) is 12.1 Å². The predicted octanol–water partition coefficient (Wildman–Crippen LogP) is 3.06. The monoisotopic (exact) mass is 409 g/mol. The van der Waals surface area contributed by atoms with E-state index in [9.17, 15) is 14.9 Å². The molecule has 9 nitrogen and oxygen atoms in total. The topological polar surface area (TPSA) is 112 Å². The lowest BCUT2D eigenvalue weighted by Gasteiger charge is -2.27. The molecular weight excluding hydrogens is 386 g/mol. The summed E-state index contributed by atoms with van der Waals surface area (Å²) < 4.78 is 7.20. The summed E-state index contributed by atoms with van der Waals surface area (Å²) in [6, 6.07) is 13.2. The molecule has 1 aromatic heterocycles. The van der Waals surface area contributed by atoms with Crippen LogP contribution in [0.4, 0.5) is 5.69 Å². The van der Waals surface area contributed by atoms with Crippen molar-refractivity contribution in [3.63, 3.8) is 0 Å². The molecular formula is C21H23N5O4. The van der Waals surface area contributed by atoms with Crippen LogP contribution < -0.4 is 10.1 Å². The fourth-order valence-electron chi connectivity index (χ4n) is 3.16. The second-order valence-corrected chi connectivity index (χ2v) is 6.85. The van der Waals surface area contributed by atoms with Crippen LogP contribution in [0.1, 0.15) is 30.5 Å². The largest absolute Gasteiger partial charge is 0.484 e. The number of ether oxygens (including phenoxy) is 1. The summed E-state index contributed by atoms with van der Waals surface area (Å²) in [5, 5.41) is 18.0. The lowest BCUT2D eigenvalue weighted by atomic mass is 9.96. The van der Waals surface area contributed by atoms with E-state index in [-0.39, 0.29) is 30.3 Å². The number of aromatic nitrogens is 3. The highest BCUT2D eigenvalue weighted by Crippen LogP contribution is 2.24. The molecule has 3 rings (SSSR count). The van der Waals surface area contributed by atoms with E-state index < -0.39 is 4.92 Å². The average molecular weight is 409 g/mol. The zero-order chi connectivity index (χ0) is 21.5. The number of rotatable bonds is 9. The summed E-state index contributed by atoms with van der Waals surface area (Å²) in [6.07, 6.45) is 3.77. The van der Waals surface area contributed by atoms with Crippen molar-refractivity contribution >= 4 is 11.6 Å². The summed E-state index contributed by atoms with van der Waals surface area (Å²) in [4.78, 5) is 26.8. The molecule has 0 bridgehead atoms. The van der Waals surface area contributed by atoms with Crippen molar-refractivity contribution in [3.05, 3.63) is 82.4 Å². The van der Waals surface area contributed by atoms with Crippen molar-refractivity contribution in [1.29, 1.82) is 0 Å². The van der Waals surface area contributed by atoms with E-state index in [0.29, 0.717) is 12.2 Å². The first kappa shape index (κ1) is 21.0. The SMILES string of the molecule is CCC(NC(=O)COc1ccc([N+](=O)[O-])cc1)C(c1ccc(C)cc1)n1cncn1. The van der Waals surface area contributed by atoms with Gasteiger partial charge in [-0.1, -0.05) is 36.8 Å². The van der Waals surface area contributed by atoms with E-state index in [4.69, 9.17) is 4.74 Å². The third-order valence-electron chi connectivity index (χ3n) is 4.73. The van der Waals surface area contributed by atoms with Gasteiger partial charge < -0.3 is 10.1 Å². The van der Waals surface area contributed by atoms with Crippen molar-refractivity contribution < 1.29 is 14.5 Å². The Morgan fingerprint density at radius 1 is 1.20 bits per heavy atom. The Kier molecular flexibility index (Phi) is 6.74. The second kappa shape index (κ2) is 9.64. The standard InChI is InChI=1S/C21H23N5O4/c1-3-19(21(25-14-22-13-23-25)16-6-4-15(2)5-7-16)24-20(27)12-30-18-10-8-17(9-11-18)26(28)29/h4-11,13-14,19,21H,3,12H2,1-2H3,(H,24,27). The average Bonchev–Trinajstić information content (AvgIpc) is 3.27. The van der Waals surface area contributed by atoms with Gasteiger partial charge in [-0.15, -0.1) is 0 Å². The summed E-state index contributed by atoms with van der Waals surface area (Å²) in [5.74, 6) is 0.0904. The zero-order valence-corrected chi connectivity index (χ0v) is 16.8. The van der Waals surface area contributed by atoms with E-state index in [1.165, 1.54) is 30.6 Å². The third kappa shape index (κ3) is 5.19. The summed E-state index contributed by atoms with van der Waals surface area (Å²) in [7, 11) is 0. The van der Waals surface area contributed by atoms with Gasteiger partial charge in [0.15, 0.2) is 6.61 Å². The van der Waals surface area contributed by atoms with E-state index in [2.05, 4.69) is 15.4 Å². The van der Waals surface area contributed by atoms with Crippen LogP contribution in [0.15, 0.2) is 61.2 Å². The molecule has 3 aromatic rings. The number of nitro groups is 1. The van der Waals surface area contributed by atoms with Gasteiger partial charge in [-0.2, -0.15) is 5.10 Å². The molecule has 1 amide bonds. The quantitative estimate of drug-likeness (QED) is 0.429. The van der Waals surface area contributed by atoms with Crippen LogP contribution in [-0.2, 0) is 4.79 Å². The summed E-state index contributed by atoms with van der Waals surface area (Å²) in [5.41, 5.74) is 2.12. The first-order chi connectivity index (χ1) is 14.5. The molecule has 9 heteroatoms. The number of hydrogen-bond acceptors (Lipinski definition) is 6. The molecule has 156 valence electrons. The Bertz CT molecular complexity index is 972. The third-order valence-corrected chi connectivity index (χ3v) is 4.73. The fourth-order valence-corrected chi connectivity index (χ4v) is 3.16. The van der Waals surface area contributed by atoms with E-state index in [1.807, 2.05) is 38.1 Å². The molecule has 2 aromatic carbocycles. The second-order valence-electron chi connectivity index (χ2n) is 6.85. The summed E-state index contributed by atoms with van der Waals surface area (Å²) in [6.45, 7) is 3.80. The Labute approximate surface area is 173 Å². The highest BCUT2D eigenvalue weighted by atomic mass is 16.6. The molecule has 0 radical (unpaired) electrons. The lowest BCUT2D eigenvalue weighted by molar-refractivity contribution is -0.384. The molecule has 1 heterocycles.